The summed E-state index contributed by atoms with van der Waals surface area (Å²) >= 11 is 0. The number of nitrogens with zero attached hydrogens (tertiary/aromatic N) is 3. The van der Waals surface area contributed by atoms with Crippen LogP contribution in [0.3, 0.4) is 0 Å². The molecule has 5 heteroatoms. The van der Waals surface area contributed by atoms with Crippen LogP contribution in [0.4, 0.5) is 10.5 Å². The molecule has 0 spiro atoms. The first-order valence-corrected chi connectivity index (χ1v) is 10.9. The van der Waals surface area contributed by atoms with Crippen molar-refractivity contribution in [2.24, 2.45) is 0 Å². The van der Waals surface area contributed by atoms with Gasteiger partial charge in [-0.3, -0.25) is 4.90 Å². The number of urea groups is 1. The Kier molecular flexibility index (Phi) is 6.67. The first kappa shape index (κ1) is 19.8. The van der Waals surface area contributed by atoms with Crippen molar-refractivity contribution in [1.82, 2.24) is 15.1 Å². The van der Waals surface area contributed by atoms with Crippen LogP contribution < -0.4 is 10.2 Å². The molecule has 4 rings (SSSR count). The molecule has 1 atom stereocenters. The van der Waals surface area contributed by atoms with Gasteiger partial charge in [-0.1, -0.05) is 48.5 Å². The van der Waals surface area contributed by atoms with Gasteiger partial charge in [0, 0.05) is 57.5 Å². The first-order valence-electron chi connectivity index (χ1n) is 10.9. The highest BCUT2D eigenvalue weighted by Gasteiger charge is 2.29. The highest BCUT2D eigenvalue weighted by molar-refractivity contribution is 5.74. The van der Waals surface area contributed by atoms with Crippen molar-refractivity contribution in [3.05, 3.63) is 66.2 Å². The summed E-state index contributed by atoms with van der Waals surface area (Å²) in [7, 11) is 0. The highest BCUT2D eigenvalue weighted by atomic mass is 16.2. The second kappa shape index (κ2) is 9.79. The van der Waals surface area contributed by atoms with Crippen LogP contribution in [0.15, 0.2) is 60.7 Å². The quantitative estimate of drug-likeness (QED) is 0.849. The number of hydrogen-bond acceptors (Lipinski definition) is 3. The Hall–Kier alpha value is -2.53. The maximum Gasteiger partial charge on any atom is 0.317 e. The number of anilines is 1. The van der Waals surface area contributed by atoms with Crippen molar-refractivity contribution in [1.29, 1.82) is 0 Å². The second-order valence-electron chi connectivity index (χ2n) is 8.07. The molecule has 29 heavy (non-hydrogen) atoms. The molecule has 0 aliphatic carbocycles. The lowest BCUT2D eigenvalue weighted by molar-refractivity contribution is 0.104. The fourth-order valence-electron chi connectivity index (χ4n) is 4.49. The van der Waals surface area contributed by atoms with E-state index in [0.29, 0.717) is 12.6 Å². The highest BCUT2D eigenvalue weighted by Crippen LogP contribution is 2.21. The van der Waals surface area contributed by atoms with Crippen LogP contribution in [-0.4, -0.2) is 67.7 Å². The van der Waals surface area contributed by atoms with Crippen LogP contribution in [0, 0.1) is 0 Å². The average molecular weight is 393 g/mol. The minimum atomic E-state index is 0.0913. The first-order chi connectivity index (χ1) is 14.3. The van der Waals surface area contributed by atoms with Gasteiger partial charge in [0.25, 0.3) is 0 Å². The van der Waals surface area contributed by atoms with Crippen LogP contribution in [0.2, 0.25) is 0 Å². The predicted octanol–water partition coefficient (Wildman–Crippen LogP) is 3.23. The van der Waals surface area contributed by atoms with Gasteiger partial charge in [-0.25, -0.2) is 4.79 Å². The van der Waals surface area contributed by atoms with Gasteiger partial charge in [-0.2, -0.15) is 0 Å². The topological polar surface area (TPSA) is 38.8 Å². The lowest BCUT2D eigenvalue weighted by atomic mass is 10.0. The molecular formula is C24H32N4O. The van der Waals surface area contributed by atoms with Crippen molar-refractivity contribution < 1.29 is 4.79 Å². The Balaban J connectivity index is 1.22. The zero-order valence-electron chi connectivity index (χ0n) is 17.2. The number of para-hydroxylation sites is 1. The van der Waals surface area contributed by atoms with Gasteiger partial charge >= 0.3 is 6.03 Å². The van der Waals surface area contributed by atoms with Gasteiger partial charge in [0.2, 0.25) is 0 Å². The Morgan fingerprint density at radius 3 is 2.31 bits per heavy atom. The van der Waals surface area contributed by atoms with E-state index in [2.05, 4.69) is 57.6 Å². The Morgan fingerprint density at radius 2 is 1.59 bits per heavy atom. The number of amides is 2. The third-order valence-corrected chi connectivity index (χ3v) is 6.17. The fourth-order valence-corrected chi connectivity index (χ4v) is 4.49. The smallest absolute Gasteiger partial charge is 0.317 e. The van der Waals surface area contributed by atoms with E-state index in [1.807, 2.05) is 23.1 Å². The lowest BCUT2D eigenvalue weighted by Crippen LogP contribution is -2.57. The van der Waals surface area contributed by atoms with E-state index in [4.69, 9.17) is 0 Å². The number of rotatable bonds is 5. The molecule has 0 saturated carbocycles. The number of piperazine rings is 1. The monoisotopic (exact) mass is 392 g/mol. The van der Waals surface area contributed by atoms with Crippen molar-refractivity contribution in [3.63, 3.8) is 0 Å². The minimum Gasteiger partial charge on any atom is -0.369 e. The zero-order chi connectivity index (χ0) is 19.9. The molecule has 154 valence electrons. The summed E-state index contributed by atoms with van der Waals surface area (Å²) in [4.78, 5) is 19.7. The van der Waals surface area contributed by atoms with Crippen LogP contribution in [0.5, 0.6) is 0 Å². The summed E-state index contributed by atoms with van der Waals surface area (Å²) in [6.07, 6.45) is 3.17. The number of nitrogens with one attached hydrogen (secondary N) is 1. The molecule has 5 nitrogen and oxygen atoms in total. The molecule has 2 amide bonds. The normalized spacial score (nSPS) is 20.5. The Bertz CT molecular complexity index is 759. The van der Waals surface area contributed by atoms with Gasteiger partial charge < -0.3 is 15.1 Å². The summed E-state index contributed by atoms with van der Waals surface area (Å²) in [5.74, 6) is 0. The van der Waals surface area contributed by atoms with Crippen molar-refractivity contribution >= 4 is 11.7 Å². The fraction of sp³-hybridized carbons (Fsp3) is 0.458. The summed E-state index contributed by atoms with van der Waals surface area (Å²) < 4.78 is 0. The van der Waals surface area contributed by atoms with Crippen LogP contribution in [-0.2, 0) is 6.42 Å². The van der Waals surface area contributed by atoms with Crippen LogP contribution in [0.25, 0.3) is 0 Å². The Morgan fingerprint density at radius 1 is 0.897 bits per heavy atom. The van der Waals surface area contributed by atoms with E-state index in [1.54, 1.807) is 0 Å². The minimum absolute atomic E-state index is 0.0913. The van der Waals surface area contributed by atoms with E-state index >= 15 is 0 Å². The second-order valence-corrected chi connectivity index (χ2v) is 8.07. The van der Waals surface area contributed by atoms with E-state index < -0.39 is 0 Å². The lowest BCUT2D eigenvalue weighted by Gasteiger charge is -2.43. The molecule has 1 unspecified atom stereocenters. The number of carbonyl (C=O) groups excluding carboxylic acids is 1. The van der Waals surface area contributed by atoms with Crippen molar-refractivity contribution in [2.45, 2.75) is 25.3 Å². The molecule has 2 aromatic rings. The molecule has 2 aromatic carbocycles. The molecule has 0 bridgehead atoms. The zero-order valence-corrected chi connectivity index (χ0v) is 17.2. The van der Waals surface area contributed by atoms with Gasteiger partial charge in [0.05, 0.1) is 0 Å². The molecule has 2 heterocycles. The molecule has 2 saturated heterocycles. The molecule has 2 aliphatic heterocycles. The number of benzene rings is 2. The molecular weight excluding hydrogens is 360 g/mol. The van der Waals surface area contributed by atoms with Gasteiger partial charge in [0.1, 0.15) is 0 Å². The van der Waals surface area contributed by atoms with Gasteiger partial charge in [0.15, 0.2) is 0 Å². The molecule has 0 radical (unpaired) electrons. The third kappa shape index (κ3) is 5.30. The molecule has 2 aliphatic rings. The van der Waals surface area contributed by atoms with E-state index in [1.165, 1.54) is 17.7 Å². The van der Waals surface area contributed by atoms with Crippen molar-refractivity contribution in [3.8, 4) is 0 Å². The maximum absolute atomic E-state index is 12.6. The third-order valence-electron chi connectivity index (χ3n) is 6.17. The number of piperidine rings is 1. The Labute approximate surface area is 174 Å². The average Bonchev–Trinajstić information content (AvgIpc) is 2.80. The standard InChI is InChI=1S/C24H32N4O/c29-24(25-14-13-21-8-3-1-4-9-21)28-15-7-12-23(20-28)27-18-16-26(17-19-27)22-10-5-2-6-11-22/h1-6,8-11,23H,7,12-20H2,(H,25,29). The van der Waals surface area contributed by atoms with Crippen LogP contribution in [0.1, 0.15) is 18.4 Å². The van der Waals surface area contributed by atoms with Gasteiger partial charge in [-0.15, -0.1) is 0 Å². The molecule has 1 N–H and O–H groups in total. The summed E-state index contributed by atoms with van der Waals surface area (Å²) in [6.45, 7) is 6.68. The van der Waals surface area contributed by atoms with Gasteiger partial charge in [-0.05, 0) is 37.0 Å². The number of carbonyl (C=O) groups is 1. The van der Waals surface area contributed by atoms with E-state index in [-0.39, 0.29) is 6.03 Å². The predicted molar refractivity (Wildman–Crippen MR) is 118 cm³/mol. The largest absolute Gasteiger partial charge is 0.369 e. The summed E-state index contributed by atoms with van der Waals surface area (Å²) in [5.41, 5.74) is 2.58. The SMILES string of the molecule is O=C(NCCc1ccccc1)N1CCCC(N2CCN(c3ccccc3)CC2)C1. The summed E-state index contributed by atoms with van der Waals surface area (Å²) in [5, 5.41) is 3.11. The van der Waals surface area contributed by atoms with E-state index in [9.17, 15) is 4.79 Å². The van der Waals surface area contributed by atoms with Crippen LogP contribution >= 0.6 is 0 Å². The van der Waals surface area contributed by atoms with E-state index in [0.717, 1.165) is 52.1 Å². The van der Waals surface area contributed by atoms with Crippen molar-refractivity contribution in [2.75, 3.05) is 50.7 Å². The maximum atomic E-state index is 12.6. The number of hydrogen-bond donors (Lipinski definition) is 1. The molecule has 0 aromatic heterocycles. The molecule has 2 fully saturated rings. The number of likely N-dealkylation sites (tertiary alicyclic amines) is 1. The summed E-state index contributed by atoms with van der Waals surface area (Å²) in [6, 6.07) is 21.6.